The second-order valence-electron chi connectivity index (χ2n) is 6.84. The predicted molar refractivity (Wildman–Crippen MR) is 106 cm³/mol. The van der Waals surface area contributed by atoms with Crippen LogP contribution in [0.4, 0.5) is 0 Å². The zero-order chi connectivity index (χ0) is 14.9. The number of aliphatic imine (C=N–C) groups is 1. The van der Waals surface area contributed by atoms with Crippen molar-refractivity contribution < 1.29 is 0 Å². The van der Waals surface area contributed by atoms with Crippen LogP contribution in [0, 0.1) is 11.8 Å². The van der Waals surface area contributed by atoms with E-state index in [2.05, 4.69) is 34.4 Å². The lowest BCUT2D eigenvalue weighted by molar-refractivity contribution is 0.181. The van der Waals surface area contributed by atoms with Crippen LogP contribution in [0.2, 0.25) is 0 Å². The number of halogens is 1. The van der Waals surface area contributed by atoms with E-state index < -0.39 is 0 Å². The molecule has 0 aromatic rings. The van der Waals surface area contributed by atoms with Crippen molar-refractivity contribution >= 4 is 29.9 Å². The Kier molecular flexibility index (Phi) is 10.4. The number of nitrogens with one attached hydrogen (secondary N) is 2. The summed E-state index contributed by atoms with van der Waals surface area (Å²) in [5.74, 6) is 2.77. The summed E-state index contributed by atoms with van der Waals surface area (Å²) >= 11 is 0. The van der Waals surface area contributed by atoms with Crippen LogP contribution < -0.4 is 10.6 Å². The average molecular weight is 422 g/mol. The fourth-order valence-corrected chi connectivity index (χ4v) is 3.02. The summed E-state index contributed by atoms with van der Waals surface area (Å²) in [4.78, 5) is 7.30. The standard InChI is InChI=1S/C17H34N4.HI/c1-3-18-17(20-13-16-8-9-16)19-10-4-5-11-21-12-6-7-15(2)14-21;/h15-16H,3-14H2,1-2H3,(H2,18,19,20);1H. The quantitative estimate of drug-likeness (QED) is 0.273. The fraction of sp³-hybridized carbons (Fsp3) is 0.941. The van der Waals surface area contributed by atoms with Gasteiger partial charge in [0.1, 0.15) is 0 Å². The molecule has 5 heteroatoms. The molecule has 4 nitrogen and oxygen atoms in total. The lowest BCUT2D eigenvalue weighted by atomic mass is 10.0. The Hall–Kier alpha value is -0.0400. The zero-order valence-electron chi connectivity index (χ0n) is 14.4. The van der Waals surface area contributed by atoms with Gasteiger partial charge in [-0.25, -0.2) is 0 Å². The molecule has 2 N–H and O–H groups in total. The monoisotopic (exact) mass is 422 g/mol. The molecule has 1 unspecified atom stereocenters. The maximum Gasteiger partial charge on any atom is 0.191 e. The number of hydrogen-bond donors (Lipinski definition) is 2. The number of rotatable bonds is 8. The van der Waals surface area contributed by atoms with Gasteiger partial charge in [-0.15, -0.1) is 24.0 Å². The number of guanidine groups is 1. The van der Waals surface area contributed by atoms with Crippen LogP contribution in [0.15, 0.2) is 4.99 Å². The van der Waals surface area contributed by atoms with Gasteiger partial charge in [0, 0.05) is 26.2 Å². The minimum absolute atomic E-state index is 0. The van der Waals surface area contributed by atoms with Crippen molar-refractivity contribution in [3.05, 3.63) is 0 Å². The van der Waals surface area contributed by atoms with Gasteiger partial charge < -0.3 is 15.5 Å². The molecule has 1 atom stereocenters. The van der Waals surface area contributed by atoms with Gasteiger partial charge in [0.15, 0.2) is 5.96 Å². The van der Waals surface area contributed by atoms with Crippen molar-refractivity contribution in [1.82, 2.24) is 15.5 Å². The first-order chi connectivity index (χ1) is 10.3. The maximum absolute atomic E-state index is 4.66. The van der Waals surface area contributed by atoms with Crippen molar-refractivity contribution in [1.29, 1.82) is 0 Å². The molecule has 2 rings (SSSR count). The molecule has 0 spiro atoms. The number of piperidine rings is 1. The van der Waals surface area contributed by atoms with Crippen molar-refractivity contribution in [3.63, 3.8) is 0 Å². The van der Waals surface area contributed by atoms with Crippen molar-refractivity contribution in [3.8, 4) is 0 Å². The third-order valence-electron chi connectivity index (χ3n) is 4.48. The van der Waals surface area contributed by atoms with Crippen LogP contribution in [-0.2, 0) is 0 Å². The van der Waals surface area contributed by atoms with Crippen molar-refractivity contribution in [2.45, 2.75) is 52.4 Å². The van der Waals surface area contributed by atoms with Crippen LogP contribution in [0.3, 0.4) is 0 Å². The molecule has 1 heterocycles. The summed E-state index contributed by atoms with van der Waals surface area (Å²) in [6.45, 7) is 11.4. The average Bonchev–Trinajstić information content (AvgIpc) is 3.28. The summed E-state index contributed by atoms with van der Waals surface area (Å²) in [6, 6.07) is 0. The Balaban J connectivity index is 0.00000242. The number of likely N-dealkylation sites (tertiary alicyclic amines) is 1. The van der Waals surface area contributed by atoms with Crippen molar-refractivity contribution in [2.24, 2.45) is 16.8 Å². The third kappa shape index (κ3) is 8.56. The molecule has 1 aliphatic carbocycles. The SMILES string of the molecule is CCNC(=NCC1CC1)NCCCCN1CCCC(C)C1.I. The molecule has 0 radical (unpaired) electrons. The summed E-state index contributed by atoms with van der Waals surface area (Å²) in [5, 5.41) is 6.81. The van der Waals surface area contributed by atoms with Crippen LogP contribution in [0.25, 0.3) is 0 Å². The molecule has 130 valence electrons. The molecule has 2 aliphatic rings. The highest BCUT2D eigenvalue weighted by molar-refractivity contribution is 14.0. The maximum atomic E-state index is 4.66. The summed E-state index contributed by atoms with van der Waals surface area (Å²) < 4.78 is 0. The highest BCUT2D eigenvalue weighted by atomic mass is 127. The molecular formula is C17H35IN4. The van der Waals surface area contributed by atoms with E-state index in [9.17, 15) is 0 Å². The zero-order valence-corrected chi connectivity index (χ0v) is 16.8. The van der Waals surface area contributed by atoms with E-state index in [0.717, 1.165) is 37.4 Å². The number of unbranched alkanes of at least 4 members (excludes halogenated alkanes) is 1. The van der Waals surface area contributed by atoms with E-state index in [1.807, 2.05) is 0 Å². The Bertz CT molecular complexity index is 318. The predicted octanol–water partition coefficient (Wildman–Crippen LogP) is 3.08. The Labute approximate surface area is 153 Å². The molecule has 1 aliphatic heterocycles. The van der Waals surface area contributed by atoms with E-state index in [-0.39, 0.29) is 24.0 Å². The Morgan fingerprint density at radius 3 is 2.68 bits per heavy atom. The summed E-state index contributed by atoms with van der Waals surface area (Å²) in [5.41, 5.74) is 0. The molecule has 0 aromatic carbocycles. The first-order valence-corrected chi connectivity index (χ1v) is 9.02. The first kappa shape index (κ1) is 20.0. The molecule has 0 aromatic heterocycles. The van der Waals surface area contributed by atoms with Gasteiger partial charge in [0.25, 0.3) is 0 Å². The molecule has 0 bridgehead atoms. The molecule has 0 amide bonds. The van der Waals surface area contributed by atoms with Crippen LogP contribution in [0.1, 0.15) is 52.4 Å². The van der Waals surface area contributed by atoms with Gasteiger partial charge in [-0.05, 0) is 70.4 Å². The molecule has 2 fully saturated rings. The van der Waals surface area contributed by atoms with Gasteiger partial charge in [-0.3, -0.25) is 4.99 Å². The lowest BCUT2D eigenvalue weighted by Gasteiger charge is -2.30. The normalized spacial score (nSPS) is 23.0. The smallest absolute Gasteiger partial charge is 0.191 e. The second kappa shape index (κ2) is 11.5. The highest BCUT2D eigenvalue weighted by Crippen LogP contribution is 2.28. The molecule has 22 heavy (non-hydrogen) atoms. The second-order valence-corrected chi connectivity index (χ2v) is 6.84. The summed E-state index contributed by atoms with van der Waals surface area (Å²) in [6.07, 6.45) is 8.08. The largest absolute Gasteiger partial charge is 0.357 e. The van der Waals surface area contributed by atoms with Gasteiger partial charge in [0.05, 0.1) is 0 Å². The first-order valence-electron chi connectivity index (χ1n) is 9.02. The Morgan fingerprint density at radius 2 is 2.00 bits per heavy atom. The lowest BCUT2D eigenvalue weighted by Crippen LogP contribution is -2.38. The van der Waals surface area contributed by atoms with Crippen LogP contribution in [-0.4, -0.2) is 50.1 Å². The van der Waals surface area contributed by atoms with E-state index in [1.165, 1.54) is 58.2 Å². The van der Waals surface area contributed by atoms with E-state index in [4.69, 9.17) is 0 Å². The van der Waals surface area contributed by atoms with Crippen LogP contribution in [0.5, 0.6) is 0 Å². The molecule has 1 saturated carbocycles. The van der Waals surface area contributed by atoms with E-state index in [0.29, 0.717) is 0 Å². The van der Waals surface area contributed by atoms with Crippen LogP contribution >= 0.6 is 24.0 Å². The van der Waals surface area contributed by atoms with E-state index in [1.54, 1.807) is 0 Å². The van der Waals surface area contributed by atoms with Crippen molar-refractivity contribution in [2.75, 3.05) is 39.3 Å². The summed E-state index contributed by atoms with van der Waals surface area (Å²) in [7, 11) is 0. The van der Waals surface area contributed by atoms with E-state index >= 15 is 0 Å². The van der Waals surface area contributed by atoms with Gasteiger partial charge >= 0.3 is 0 Å². The van der Waals surface area contributed by atoms with Gasteiger partial charge in [-0.1, -0.05) is 6.92 Å². The number of nitrogens with zero attached hydrogens (tertiary/aromatic N) is 2. The van der Waals surface area contributed by atoms with Gasteiger partial charge in [-0.2, -0.15) is 0 Å². The Morgan fingerprint density at radius 1 is 1.18 bits per heavy atom. The highest BCUT2D eigenvalue weighted by Gasteiger charge is 2.20. The van der Waals surface area contributed by atoms with Gasteiger partial charge in [0.2, 0.25) is 0 Å². The third-order valence-corrected chi connectivity index (χ3v) is 4.48. The minimum atomic E-state index is 0. The molecular weight excluding hydrogens is 387 g/mol. The topological polar surface area (TPSA) is 39.7 Å². The molecule has 1 saturated heterocycles. The minimum Gasteiger partial charge on any atom is -0.357 e. The fourth-order valence-electron chi connectivity index (χ4n) is 3.02. The number of hydrogen-bond acceptors (Lipinski definition) is 2.